The van der Waals surface area contributed by atoms with Gasteiger partial charge in [-0.1, -0.05) is 28.0 Å². The van der Waals surface area contributed by atoms with Crippen molar-refractivity contribution >= 4 is 40.1 Å². The molecule has 0 saturated heterocycles. The van der Waals surface area contributed by atoms with E-state index < -0.39 is 5.82 Å². The number of hydrogen-bond acceptors (Lipinski definition) is 7. The molecule has 21 heavy (non-hydrogen) atoms. The fourth-order valence-corrected chi connectivity index (χ4v) is 3.27. The Balaban J connectivity index is 2.00. The highest BCUT2D eigenvalue weighted by Gasteiger charge is 2.19. The van der Waals surface area contributed by atoms with E-state index in [0.717, 1.165) is 15.5 Å². The molecule has 6 nitrogen and oxygen atoms in total. The first-order chi connectivity index (χ1) is 10.2. The van der Waals surface area contributed by atoms with Gasteiger partial charge in [-0.2, -0.15) is 0 Å². The quantitative estimate of drug-likeness (QED) is 0.691. The number of aryl methyl sites for hydroxylation is 1. The number of halogens is 1. The summed E-state index contributed by atoms with van der Waals surface area (Å²) in [6, 6.07) is 5.99. The summed E-state index contributed by atoms with van der Waals surface area (Å²) in [5.41, 5.74) is 0.876. The molecule has 2 heterocycles. The third-order valence-electron chi connectivity index (χ3n) is 2.68. The van der Waals surface area contributed by atoms with Crippen LogP contribution in [0, 0.1) is 12.7 Å². The van der Waals surface area contributed by atoms with Crippen LogP contribution in [0.3, 0.4) is 0 Å². The average molecular weight is 321 g/mol. The first kappa shape index (κ1) is 13.7. The van der Waals surface area contributed by atoms with E-state index in [1.165, 1.54) is 35.0 Å². The van der Waals surface area contributed by atoms with Gasteiger partial charge >= 0.3 is 0 Å². The van der Waals surface area contributed by atoms with Gasteiger partial charge < -0.3 is 0 Å². The topological polar surface area (TPSA) is 71.9 Å². The van der Waals surface area contributed by atoms with Gasteiger partial charge in [-0.25, -0.2) is 4.39 Å². The first-order valence-electron chi connectivity index (χ1n) is 5.82. The van der Waals surface area contributed by atoms with Crippen LogP contribution in [0.25, 0.3) is 9.88 Å². The second-order valence-corrected chi connectivity index (χ2v) is 5.71. The van der Waals surface area contributed by atoms with Gasteiger partial charge in [-0.3, -0.25) is 9.69 Å². The summed E-state index contributed by atoms with van der Waals surface area (Å²) < 4.78 is 17.6. The van der Waals surface area contributed by atoms with Crippen molar-refractivity contribution in [1.29, 1.82) is 0 Å². The maximum atomic E-state index is 13.8. The number of rotatable bonds is 4. The number of benzene rings is 1. The number of carbonyl (C=O) groups is 1. The summed E-state index contributed by atoms with van der Waals surface area (Å²) in [5.74, 6) is -0.503. The van der Waals surface area contributed by atoms with E-state index >= 15 is 0 Å². The molecule has 0 aliphatic heterocycles. The Labute approximate surface area is 127 Å². The fraction of sp³-hybridized carbons (Fsp3) is 0.0833. The molecule has 0 spiro atoms. The summed E-state index contributed by atoms with van der Waals surface area (Å²) in [6.07, 6.45) is 0.514. The van der Waals surface area contributed by atoms with E-state index in [4.69, 9.17) is 0 Å². The third kappa shape index (κ3) is 2.52. The summed E-state index contributed by atoms with van der Waals surface area (Å²) in [4.78, 5) is 13.2. The van der Waals surface area contributed by atoms with Crippen LogP contribution < -0.4 is 4.90 Å². The standard InChI is InChI=1S/C12H8FN5OS2/c1-7-10(21-17-14-7)11-15-16-12(20-11)18(6-19)9-5-3-2-4-8(9)13/h2-6H,1H3. The Morgan fingerprint density at radius 1 is 1.24 bits per heavy atom. The predicted molar refractivity (Wildman–Crippen MR) is 78.2 cm³/mol. The summed E-state index contributed by atoms with van der Waals surface area (Å²) in [7, 11) is 0. The highest BCUT2D eigenvalue weighted by atomic mass is 32.1. The molecule has 106 valence electrons. The molecule has 0 aliphatic rings. The number of nitrogens with zero attached hydrogens (tertiary/aromatic N) is 5. The van der Waals surface area contributed by atoms with E-state index in [1.54, 1.807) is 12.1 Å². The molecule has 3 rings (SSSR count). The monoisotopic (exact) mass is 321 g/mol. The lowest BCUT2D eigenvalue weighted by atomic mass is 10.3. The van der Waals surface area contributed by atoms with Gasteiger partial charge in [0.2, 0.25) is 11.5 Å². The lowest BCUT2D eigenvalue weighted by molar-refractivity contribution is -0.106. The molecule has 0 atom stereocenters. The van der Waals surface area contributed by atoms with Crippen molar-refractivity contribution in [3.8, 4) is 9.88 Å². The maximum absolute atomic E-state index is 13.8. The van der Waals surface area contributed by atoms with E-state index in [0.29, 0.717) is 11.4 Å². The van der Waals surface area contributed by atoms with Crippen molar-refractivity contribution < 1.29 is 9.18 Å². The SMILES string of the molecule is Cc1nnsc1-c1nnc(N(C=O)c2ccccc2F)s1. The first-order valence-corrected chi connectivity index (χ1v) is 7.41. The second-order valence-electron chi connectivity index (χ2n) is 4.00. The Bertz CT molecular complexity index is 787. The highest BCUT2D eigenvalue weighted by Crippen LogP contribution is 2.34. The summed E-state index contributed by atoms with van der Waals surface area (Å²) in [6.45, 7) is 1.81. The highest BCUT2D eigenvalue weighted by molar-refractivity contribution is 7.22. The molecule has 1 amide bonds. The molecule has 9 heteroatoms. The van der Waals surface area contributed by atoms with Gasteiger partial charge in [0.25, 0.3) is 0 Å². The van der Waals surface area contributed by atoms with Crippen LogP contribution in [0.1, 0.15) is 5.69 Å². The van der Waals surface area contributed by atoms with Crippen molar-refractivity contribution in [2.24, 2.45) is 0 Å². The number of carbonyl (C=O) groups excluding carboxylic acids is 1. The van der Waals surface area contributed by atoms with Gasteiger partial charge in [0.15, 0.2) is 5.01 Å². The number of aromatic nitrogens is 4. The molecular formula is C12H8FN5OS2. The molecule has 0 N–H and O–H groups in total. The minimum Gasteiger partial charge on any atom is -0.278 e. The number of amides is 1. The van der Waals surface area contributed by atoms with Crippen molar-refractivity contribution in [2.45, 2.75) is 6.92 Å². The van der Waals surface area contributed by atoms with E-state index in [9.17, 15) is 9.18 Å². The Morgan fingerprint density at radius 2 is 2.05 bits per heavy atom. The third-order valence-corrected chi connectivity index (χ3v) is 4.59. The summed E-state index contributed by atoms with van der Waals surface area (Å²) >= 11 is 2.38. The minimum atomic E-state index is -0.503. The normalized spacial score (nSPS) is 10.6. The van der Waals surface area contributed by atoms with Crippen LogP contribution in [0.4, 0.5) is 15.2 Å². The summed E-state index contributed by atoms with van der Waals surface area (Å²) in [5, 5.41) is 12.8. The zero-order chi connectivity index (χ0) is 14.8. The molecule has 0 fully saturated rings. The molecule has 3 aromatic rings. The van der Waals surface area contributed by atoms with Crippen molar-refractivity contribution in [3.63, 3.8) is 0 Å². The number of anilines is 2. The van der Waals surface area contributed by atoms with Crippen molar-refractivity contribution in [1.82, 2.24) is 19.8 Å². The minimum absolute atomic E-state index is 0.134. The molecule has 1 aromatic carbocycles. The van der Waals surface area contributed by atoms with Crippen LogP contribution in [-0.4, -0.2) is 26.2 Å². The zero-order valence-electron chi connectivity index (χ0n) is 10.7. The average Bonchev–Trinajstić information content (AvgIpc) is 3.10. The molecule has 0 aliphatic carbocycles. The van der Waals surface area contributed by atoms with Gasteiger partial charge in [0, 0.05) is 0 Å². The Morgan fingerprint density at radius 3 is 2.71 bits per heavy atom. The van der Waals surface area contributed by atoms with Crippen LogP contribution in [0.5, 0.6) is 0 Å². The van der Waals surface area contributed by atoms with E-state index in [2.05, 4.69) is 19.8 Å². The predicted octanol–water partition coefficient (Wildman–Crippen LogP) is 2.80. The van der Waals surface area contributed by atoms with Gasteiger partial charge in [0.05, 0.1) is 11.4 Å². The lowest BCUT2D eigenvalue weighted by Crippen LogP contribution is -2.15. The molecule has 0 bridgehead atoms. The van der Waals surface area contributed by atoms with Crippen LogP contribution in [-0.2, 0) is 4.79 Å². The van der Waals surface area contributed by atoms with E-state index in [-0.39, 0.29) is 10.8 Å². The molecule has 0 radical (unpaired) electrons. The molecule has 2 aromatic heterocycles. The zero-order valence-corrected chi connectivity index (χ0v) is 12.4. The fourth-order valence-electron chi connectivity index (χ4n) is 1.68. The van der Waals surface area contributed by atoms with Gasteiger partial charge in [-0.05, 0) is 30.6 Å². The number of hydrogen-bond donors (Lipinski definition) is 0. The number of para-hydroxylation sites is 1. The smallest absolute Gasteiger partial charge is 0.220 e. The van der Waals surface area contributed by atoms with Crippen LogP contribution >= 0.6 is 22.9 Å². The molecular weight excluding hydrogens is 313 g/mol. The van der Waals surface area contributed by atoms with E-state index in [1.807, 2.05) is 6.92 Å². The molecule has 0 unspecified atom stereocenters. The molecule has 0 saturated carbocycles. The Kier molecular flexibility index (Phi) is 3.67. The largest absolute Gasteiger partial charge is 0.278 e. The van der Waals surface area contributed by atoms with Crippen LogP contribution in [0.2, 0.25) is 0 Å². The van der Waals surface area contributed by atoms with Crippen LogP contribution in [0.15, 0.2) is 24.3 Å². The van der Waals surface area contributed by atoms with Crippen molar-refractivity contribution in [2.75, 3.05) is 4.90 Å². The second kappa shape index (κ2) is 5.62. The van der Waals surface area contributed by atoms with Crippen molar-refractivity contribution in [3.05, 3.63) is 35.8 Å². The maximum Gasteiger partial charge on any atom is 0.220 e. The van der Waals surface area contributed by atoms with Gasteiger partial charge in [-0.15, -0.1) is 15.3 Å². The van der Waals surface area contributed by atoms with Gasteiger partial charge in [0.1, 0.15) is 10.7 Å². The lowest BCUT2D eigenvalue weighted by Gasteiger charge is -2.13. The Hall–Kier alpha value is -2.26.